The van der Waals surface area contributed by atoms with Gasteiger partial charge in [-0.3, -0.25) is 4.79 Å². The van der Waals surface area contributed by atoms with Gasteiger partial charge >= 0.3 is 0 Å². The topological polar surface area (TPSA) is 55.2 Å². The van der Waals surface area contributed by atoms with Crippen LogP contribution in [0.15, 0.2) is 42.5 Å². The van der Waals surface area contributed by atoms with Crippen molar-refractivity contribution in [3.63, 3.8) is 0 Å². The van der Waals surface area contributed by atoms with Crippen molar-refractivity contribution in [2.45, 2.75) is 13.0 Å². The number of nitrogens with one attached hydrogen (secondary N) is 2. The standard InChI is InChI=1S/C21H26ClN3O3/c1-15(21(26)23-16-8-9-19(27-2)17(22)14-16)24-10-12-25(13-11-24)18-6-4-5-7-20(18)28-3/h4-9,14-15H,10-13H2,1-3H3,(H,23,26)/p+1/t15-/m0/s1. The lowest BCUT2D eigenvalue weighted by Crippen LogP contribution is -3.19. The normalized spacial score (nSPS) is 15.8. The minimum atomic E-state index is -0.152. The monoisotopic (exact) mass is 404 g/mol. The molecule has 0 unspecified atom stereocenters. The fraction of sp³-hybridized carbons (Fsp3) is 0.381. The second kappa shape index (κ2) is 9.17. The van der Waals surface area contributed by atoms with Crippen LogP contribution in [0.4, 0.5) is 11.4 Å². The lowest BCUT2D eigenvalue weighted by Gasteiger charge is -2.36. The van der Waals surface area contributed by atoms with E-state index >= 15 is 0 Å². The van der Waals surface area contributed by atoms with Crippen LogP contribution in [0.1, 0.15) is 6.92 Å². The summed E-state index contributed by atoms with van der Waals surface area (Å²) in [5.74, 6) is 1.46. The highest BCUT2D eigenvalue weighted by molar-refractivity contribution is 6.32. The highest BCUT2D eigenvalue weighted by Gasteiger charge is 2.30. The van der Waals surface area contributed by atoms with E-state index in [1.54, 1.807) is 32.4 Å². The second-order valence-electron chi connectivity index (χ2n) is 6.88. The molecule has 0 spiro atoms. The van der Waals surface area contributed by atoms with Gasteiger partial charge in [0.15, 0.2) is 6.04 Å². The molecule has 1 fully saturated rings. The maximum Gasteiger partial charge on any atom is 0.282 e. The summed E-state index contributed by atoms with van der Waals surface area (Å²) in [6.07, 6.45) is 0. The average molecular weight is 405 g/mol. The van der Waals surface area contributed by atoms with Crippen molar-refractivity contribution >= 4 is 28.9 Å². The maximum absolute atomic E-state index is 12.7. The predicted octanol–water partition coefficient (Wildman–Crippen LogP) is 2.09. The van der Waals surface area contributed by atoms with Gasteiger partial charge in [-0.15, -0.1) is 0 Å². The third kappa shape index (κ3) is 4.51. The number of quaternary nitrogens is 1. The average Bonchev–Trinajstić information content (AvgIpc) is 2.73. The third-order valence-electron chi connectivity index (χ3n) is 5.26. The van der Waals surface area contributed by atoms with Gasteiger partial charge in [0.1, 0.15) is 11.5 Å². The molecule has 3 rings (SSSR count). The molecule has 6 nitrogen and oxygen atoms in total. The molecule has 1 saturated heterocycles. The van der Waals surface area contributed by atoms with Gasteiger partial charge in [0, 0.05) is 5.69 Å². The van der Waals surface area contributed by atoms with Crippen LogP contribution in [0.3, 0.4) is 0 Å². The number of anilines is 2. The van der Waals surface area contributed by atoms with Gasteiger partial charge in [0.2, 0.25) is 0 Å². The van der Waals surface area contributed by atoms with Gasteiger partial charge in [0.05, 0.1) is 51.1 Å². The van der Waals surface area contributed by atoms with Crippen molar-refractivity contribution < 1.29 is 19.2 Å². The first kappa shape index (κ1) is 20.3. The van der Waals surface area contributed by atoms with Gasteiger partial charge in [-0.2, -0.15) is 0 Å². The molecule has 2 aromatic carbocycles. The Morgan fingerprint density at radius 1 is 1.11 bits per heavy atom. The molecule has 0 aliphatic carbocycles. The van der Waals surface area contributed by atoms with Crippen LogP contribution in [-0.2, 0) is 4.79 Å². The number of amides is 1. The Kier molecular flexibility index (Phi) is 6.65. The summed E-state index contributed by atoms with van der Waals surface area (Å²) >= 11 is 6.14. The Bertz CT molecular complexity index is 822. The van der Waals surface area contributed by atoms with Crippen molar-refractivity contribution in [2.24, 2.45) is 0 Å². The Hall–Kier alpha value is -2.44. The van der Waals surface area contributed by atoms with Crippen LogP contribution >= 0.6 is 11.6 Å². The van der Waals surface area contributed by atoms with Crippen LogP contribution in [0.25, 0.3) is 0 Å². The Morgan fingerprint density at radius 2 is 1.79 bits per heavy atom. The number of hydrogen-bond acceptors (Lipinski definition) is 4. The van der Waals surface area contributed by atoms with E-state index in [1.165, 1.54) is 4.90 Å². The number of benzene rings is 2. The molecule has 28 heavy (non-hydrogen) atoms. The van der Waals surface area contributed by atoms with Crippen molar-refractivity contribution in [1.82, 2.24) is 0 Å². The molecule has 1 amide bonds. The number of halogens is 1. The number of carbonyl (C=O) groups excluding carboxylic acids is 1. The second-order valence-corrected chi connectivity index (χ2v) is 7.28. The molecular formula is C21H27ClN3O3+. The zero-order chi connectivity index (χ0) is 20.1. The molecule has 0 aromatic heterocycles. The Morgan fingerprint density at radius 3 is 2.43 bits per heavy atom. The van der Waals surface area contributed by atoms with Gasteiger partial charge in [-0.1, -0.05) is 23.7 Å². The molecule has 2 aromatic rings. The quantitative estimate of drug-likeness (QED) is 0.774. The van der Waals surface area contributed by atoms with Crippen molar-refractivity contribution in [3.05, 3.63) is 47.5 Å². The number of hydrogen-bond donors (Lipinski definition) is 2. The molecule has 1 aliphatic heterocycles. The molecule has 150 valence electrons. The van der Waals surface area contributed by atoms with E-state index in [-0.39, 0.29) is 11.9 Å². The van der Waals surface area contributed by atoms with Crippen LogP contribution in [-0.4, -0.2) is 52.3 Å². The van der Waals surface area contributed by atoms with Gasteiger partial charge in [0.25, 0.3) is 5.91 Å². The Balaban J connectivity index is 1.58. The van der Waals surface area contributed by atoms with E-state index in [9.17, 15) is 4.79 Å². The fourth-order valence-electron chi connectivity index (χ4n) is 3.54. The summed E-state index contributed by atoms with van der Waals surface area (Å²) in [6, 6.07) is 13.2. The van der Waals surface area contributed by atoms with Crippen molar-refractivity contribution in [1.29, 1.82) is 0 Å². The van der Waals surface area contributed by atoms with Gasteiger partial charge in [-0.25, -0.2) is 0 Å². The zero-order valence-corrected chi connectivity index (χ0v) is 17.3. The number of nitrogens with zero attached hydrogens (tertiary/aromatic N) is 1. The first-order valence-corrected chi connectivity index (χ1v) is 9.78. The Labute approximate surface area is 171 Å². The van der Waals surface area contributed by atoms with E-state index < -0.39 is 0 Å². The van der Waals surface area contributed by atoms with E-state index in [0.717, 1.165) is 37.6 Å². The lowest BCUT2D eigenvalue weighted by atomic mass is 10.2. The van der Waals surface area contributed by atoms with Crippen LogP contribution < -0.4 is 24.6 Å². The molecule has 1 atom stereocenters. The molecule has 2 N–H and O–H groups in total. The van der Waals surface area contributed by atoms with Gasteiger partial charge in [-0.05, 0) is 37.3 Å². The smallest absolute Gasteiger partial charge is 0.282 e. The molecule has 1 aliphatic rings. The van der Waals surface area contributed by atoms with Crippen molar-refractivity contribution in [3.8, 4) is 11.5 Å². The lowest BCUT2D eigenvalue weighted by molar-refractivity contribution is -0.914. The van der Waals surface area contributed by atoms with Crippen molar-refractivity contribution in [2.75, 3.05) is 50.6 Å². The van der Waals surface area contributed by atoms with E-state index in [0.29, 0.717) is 16.5 Å². The number of carbonyl (C=O) groups is 1. The molecule has 0 saturated carbocycles. The number of methoxy groups -OCH3 is 2. The minimum absolute atomic E-state index is 0.0121. The van der Waals surface area contributed by atoms with Crippen LogP contribution in [0, 0.1) is 0 Å². The van der Waals surface area contributed by atoms with E-state index in [2.05, 4.69) is 16.3 Å². The highest BCUT2D eigenvalue weighted by atomic mass is 35.5. The SMILES string of the molecule is COc1ccc(NC(=O)[C@H](C)[NH+]2CCN(c3ccccc3OC)CC2)cc1Cl. The number of piperazine rings is 1. The minimum Gasteiger partial charge on any atom is -0.495 e. The number of ether oxygens (including phenoxy) is 2. The molecule has 0 radical (unpaired) electrons. The maximum atomic E-state index is 12.7. The van der Waals surface area contributed by atoms with E-state index in [4.69, 9.17) is 21.1 Å². The summed E-state index contributed by atoms with van der Waals surface area (Å²) in [4.78, 5) is 16.3. The molecule has 7 heteroatoms. The number of rotatable bonds is 6. The fourth-order valence-corrected chi connectivity index (χ4v) is 3.80. The summed E-state index contributed by atoms with van der Waals surface area (Å²) in [7, 11) is 3.26. The summed E-state index contributed by atoms with van der Waals surface area (Å²) in [5, 5.41) is 3.44. The van der Waals surface area contributed by atoms with E-state index in [1.807, 2.05) is 25.1 Å². The first-order valence-electron chi connectivity index (χ1n) is 9.40. The molecule has 0 bridgehead atoms. The predicted molar refractivity (Wildman–Crippen MR) is 112 cm³/mol. The number of para-hydroxylation sites is 2. The third-order valence-corrected chi connectivity index (χ3v) is 5.55. The molecular weight excluding hydrogens is 378 g/mol. The first-order chi connectivity index (χ1) is 13.5. The van der Waals surface area contributed by atoms with Crippen LogP contribution in [0.2, 0.25) is 5.02 Å². The summed E-state index contributed by atoms with van der Waals surface area (Å²) in [5.41, 5.74) is 1.78. The van der Waals surface area contributed by atoms with Crippen LogP contribution in [0.5, 0.6) is 11.5 Å². The van der Waals surface area contributed by atoms with Gasteiger partial charge < -0.3 is 24.6 Å². The largest absolute Gasteiger partial charge is 0.495 e. The zero-order valence-electron chi connectivity index (χ0n) is 16.5. The summed E-state index contributed by atoms with van der Waals surface area (Å²) < 4.78 is 10.6. The highest BCUT2D eigenvalue weighted by Crippen LogP contribution is 2.28. The molecule has 1 heterocycles. The summed E-state index contributed by atoms with van der Waals surface area (Å²) in [6.45, 7) is 5.49.